The van der Waals surface area contributed by atoms with Crippen LogP contribution in [0.5, 0.6) is 5.75 Å². The second-order valence-electron chi connectivity index (χ2n) is 7.03. The maximum Gasteiger partial charge on any atom is 0.362 e. The van der Waals surface area contributed by atoms with Crippen LogP contribution in [0.25, 0.3) is 11.2 Å². The van der Waals surface area contributed by atoms with Gasteiger partial charge in [-0.25, -0.2) is 19.7 Å². The van der Waals surface area contributed by atoms with Gasteiger partial charge in [-0.1, -0.05) is 12.1 Å². The number of aromatic hydroxyl groups is 1. The predicted octanol–water partition coefficient (Wildman–Crippen LogP) is -1.12. The molecule has 1 aliphatic heterocycles. The van der Waals surface area contributed by atoms with E-state index in [-0.39, 0.29) is 5.56 Å². The Labute approximate surface area is 187 Å². The SMILES string of the molecule is CNc1ncnc2c1ncn2[C@@H]1O[C@H](COS(=O)(=O)NC(=O)c2ccccc2O)[C@@H](O)[C@H]1O. The summed E-state index contributed by atoms with van der Waals surface area (Å²) in [5, 5.41) is 33.3. The zero-order valence-corrected chi connectivity index (χ0v) is 17.9. The summed E-state index contributed by atoms with van der Waals surface area (Å²) in [4.78, 5) is 24.4. The van der Waals surface area contributed by atoms with Gasteiger partial charge in [0.15, 0.2) is 17.7 Å². The van der Waals surface area contributed by atoms with Crippen LogP contribution in [0.2, 0.25) is 0 Å². The van der Waals surface area contributed by atoms with Gasteiger partial charge in [0.1, 0.15) is 35.9 Å². The highest BCUT2D eigenvalue weighted by atomic mass is 32.2. The van der Waals surface area contributed by atoms with E-state index in [0.29, 0.717) is 17.0 Å². The molecule has 0 radical (unpaired) electrons. The van der Waals surface area contributed by atoms with Crippen molar-refractivity contribution < 1.29 is 37.5 Å². The normalized spacial score (nSPS) is 23.0. The number of hydrogen-bond acceptors (Lipinski definition) is 12. The molecule has 4 rings (SSSR count). The number of para-hydroxylation sites is 1. The minimum Gasteiger partial charge on any atom is -0.507 e. The van der Waals surface area contributed by atoms with Crippen molar-refractivity contribution >= 4 is 33.2 Å². The Morgan fingerprint density at radius 2 is 1.97 bits per heavy atom. The van der Waals surface area contributed by atoms with E-state index in [1.165, 1.54) is 41.5 Å². The molecule has 0 saturated carbocycles. The van der Waals surface area contributed by atoms with Crippen LogP contribution >= 0.6 is 0 Å². The third-order valence-corrected chi connectivity index (χ3v) is 5.84. The van der Waals surface area contributed by atoms with Gasteiger partial charge in [-0.3, -0.25) is 13.5 Å². The predicted molar refractivity (Wildman–Crippen MR) is 111 cm³/mol. The molecule has 4 atom stereocenters. The van der Waals surface area contributed by atoms with Gasteiger partial charge in [0.05, 0.1) is 18.5 Å². The number of anilines is 1. The number of ether oxygens (including phenoxy) is 1. The molecule has 0 unspecified atom stereocenters. The van der Waals surface area contributed by atoms with E-state index in [1.807, 2.05) is 0 Å². The Kier molecular flexibility index (Phi) is 6.13. The first kappa shape index (κ1) is 22.8. The Morgan fingerprint density at radius 1 is 1.21 bits per heavy atom. The van der Waals surface area contributed by atoms with Gasteiger partial charge in [0.25, 0.3) is 5.91 Å². The average molecular weight is 480 g/mol. The number of rotatable bonds is 7. The lowest BCUT2D eigenvalue weighted by Gasteiger charge is -2.16. The van der Waals surface area contributed by atoms with E-state index < -0.39 is 53.1 Å². The maximum atomic E-state index is 12.2. The van der Waals surface area contributed by atoms with Crippen LogP contribution in [0.4, 0.5) is 5.82 Å². The van der Waals surface area contributed by atoms with E-state index in [0.717, 1.165) is 0 Å². The summed E-state index contributed by atoms with van der Waals surface area (Å²) in [5.74, 6) is -1.08. The number of nitrogens with zero attached hydrogens (tertiary/aromatic N) is 4. The number of aliphatic hydroxyl groups excluding tert-OH is 2. The molecule has 33 heavy (non-hydrogen) atoms. The van der Waals surface area contributed by atoms with Crippen molar-refractivity contribution in [3.63, 3.8) is 0 Å². The molecule has 1 amide bonds. The van der Waals surface area contributed by atoms with Gasteiger partial charge in [-0.05, 0) is 12.1 Å². The molecule has 1 fully saturated rings. The van der Waals surface area contributed by atoms with Gasteiger partial charge >= 0.3 is 10.3 Å². The molecule has 14 nitrogen and oxygen atoms in total. The molecule has 15 heteroatoms. The summed E-state index contributed by atoms with van der Waals surface area (Å²) >= 11 is 0. The molecule has 0 aliphatic carbocycles. The minimum absolute atomic E-state index is 0.271. The largest absolute Gasteiger partial charge is 0.507 e. The van der Waals surface area contributed by atoms with E-state index >= 15 is 0 Å². The van der Waals surface area contributed by atoms with Crippen LogP contribution in [0.15, 0.2) is 36.9 Å². The smallest absolute Gasteiger partial charge is 0.362 e. The Morgan fingerprint density at radius 3 is 2.70 bits per heavy atom. The molecule has 1 aliphatic rings. The first-order valence-corrected chi connectivity index (χ1v) is 11.0. The van der Waals surface area contributed by atoms with Gasteiger partial charge in [-0.15, -0.1) is 0 Å². The highest BCUT2D eigenvalue weighted by molar-refractivity contribution is 7.85. The summed E-state index contributed by atoms with van der Waals surface area (Å²) in [7, 11) is -2.97. The van der Waals surface area contributed by atoms with Gasteiger partial charge in [0, 0.05) is 7.05 Å². The molecule has 2 aromatic heterocycles. The Hall–Kier alpha value is -3.37. The first-order chi connectivity index (χ1) is 15.7. The van der Waals surface area contributed by atoms with E-state index in [9.17, 15) is 28.5 Å². The Balaban J connectivity index is 1.45. The van der Waals surface area contributed by atoms with Crippen molar-refractivity contribution in [1.82, 2.24) is 24.2 Å². The summed E-state index contributed by atoms with van der Waals surface area (Å²) < 4.78 is 37.7. The molecule has 5 N–H and O–H groups in total. The maximum absolute atomic E-state index is 12.2. The number of phenols is 1. The number of nitrogens with one attached hydrogen (secondary N) is 2. The lowest BCUT2D eigenvalue weighted by Crippen LogP contribution is -2.37. The lowest BCUT2D eigenvalue weighted by atomic mass is 10.1. The van der Waals surface area contributed by atoms with Crippen molar-refractivity contribution in [1.29, 1.82) is 0 Å². The summed E-state index contributed by atoms with van der Waals surface area (Å²) in [6.07, 6.45) is -2.75. The standard InChI is InChI=1S/C18H20N6O8S/c1-19-15-12-16(21-7-20-15)24(8-22-12)18-14(27)13(26)11(32-18)6-31-33(29,30)23-17(28)9-4-2-3-5-10(9)25/h2-5,7-8,11,13-14,18,25-27H,6H2,1H3,(H,23,28)(H,19,20,21)/t11-,13-,14-,18-/m1/s1. The van der Waals surface area contributed by atoms with Crippen molar-refractivity contribution in [2.45, 2.75) is 24.5 Å². The van der Waals surface area contributed by atoms with Gasteiger partial charge in [0.2, 0.25) is 0 Å². The van der Waals surface area contributed by atoms with E-state index in [4.69, 9.17) is 8.92 Å². The fraction of sp³-hybridized carbons (Fsp3) is 0.333. The first-order valence-electron chi connectivity index (χ1n) is 9.58. The van der Waals surface area contributed by atoms with E-state index in [2.05, 4.69) is 20.3 Å². The zero-order chi connectivity index (χ0) is 23.8. The Bertz CT molecular complexity index is 1280. The topological polar surface area (TPSA) is 198 Å². The van der Waals surface area contributed by atoms with Crippen LogP contribution in [0.1, 0.15) is 16.6 Å². The van der Waals surface area contributed by atoms with Crippen LogP contribution < -0.4 is 10.0 Å². The number of benzene rings is 1. The number of carbonyl (C=O) groups excluding carboxylic acids is 1. The van der Waals surface area contributed by atoms with Crippen LogP contribution in [-0.4, -0.2) is 81.1 Å². The molecule has 1 aromatic carbocycles. The molecule has 3 heterocycles. The fourth-order valence-corrected chi connectivity index (χ4v) is 4.05. The number of fused-ring (bicyclic) bond motifs is 1. The molecule has 0 spiro atoms. The molecule has 176 valence electrons. The summed E-state index contributed by atoms with van der Waals surface area (Å²) in [6.45, 7) is -0.707. The number of imidazole rings is 1. The third-order valence-electron chi connectivity index (χ3n) is 4.96. The average Bonchev–Trinajstić information content (AvgIpc) is 3.33. The van der Waals surface area contributed by atoms with Crippen LogP contribution in [0, 0.1) is 0 Å². The van der Waals surface area contributed by atoms with Crippen molar-refractivity contribution in [2.24, 2.45) is 0 Å². The highest BCUT2D eigenvalue weighted by Gasteiger charge is 2.45. The molecular weight excluding hydrogens is 460 g/mol. The number of aliphatic hydroxyl groups is 2. The number of aromatic nitrogens is 4. The monoisotopic (exact) mass is 480 g/mol. The van der Waals surface area contributed by atoms with Crippen LogP contribution in [-0.2, 0) is 19.2 Å². The quantitative estimate of drug-likeness (QED) is 0.273. The summed E-state index contributed by atoms with van der Waals surface area (Å²) in [5.41, 5.74) is 0.446. The number of amides is 1. The lowest BCUT2D eigenvalue weighted by molar-refractivity contribution is -0.0468. The fourth-order valence-electron chi connectivity index (χ4n) is 3.34. The van der Waals surface area contributed by atoms with Crippen LogP contribution in [0.3, 0.4) is 0 Å². The summed E-state index contributed by atoms with van der Waals surface area (Å²) in [6, 6.07) is 5.35. The number of hydrogen-bond donors (Lipinski definition) is 5. The highest BCUT2D eigenvalue weighted by Crippen LogP contribution is 2.32. The van der Waals surface area contributed by atoms with Gasteiger partial charge in [-0.2, -0.15) is 8.42 Å². The second kappa shape index (κ2) is 8.87. The minimum atomic E-state index is -4.62. The van der Waals surface area contributed by atoms with Crippen molar-refractivity contribution in [2.75, 3.05) is 19.0 Å². The number of phenolic OH excluding ortho intramolecular Hbond substituents is 1. The van der Waals surface area contributed by atoms with E-state index in [1.54, 1.807) is 11.8 Å². The molecule has 1 saturated heterocycles. The molecule has 0 bridgehead atoms. The third kappa shape index (κ3) is 4.44. The molecular formula is C18H20N6O8S. The zero-order valence-electron chi connectivity index (χ0n) is 17.1. The van der Waals surface area contributed by atoms with Crippen molar-refractivity contribution in [3.05, 3.63) is 42.5 Å². The number of carbonyl (C=O) groups is 1. The molecule has 3 aromatic rings. The van der Waals surface area contributed by atoms with Gasteiger partial charge < -0.3 is 25.4 Å². The second-order valence-corrected chi connectivity index (χ2v) is 8.38. The van der Waals surface area contributed by atoms with Crippen molar-refractivity contribution in [3.8, 4) is 5.75 Å².